The second-order valence-electron chi connectivity index (χ2n) is 8.62. The monoisotopic (exact) mass is 303 g/mol. The van der Waals surface area contributed by atoms with Crippen LogP contribution in [0.25, 0.3) is 0 Å². The minimum absolute atomic E-state index is 0.0215. The zero-order chi connectivity index (χ0) is 16.7. The SMILES string of the molecule is CC1CN(C(=O)Oc2cc(C(C)(C)C)cc(C(C)(C)C)c2)C1. The number of amides is 1. The quantitative estimate of drug-likeness (QED) is 0.750. The average molecular weight is 303 g/mol. The van der Waals surface area contributed by atoms with Crippen LogP contribution in [-0.2, 0) is 10.8 Å². The molecule has 122 valence electrons. The highest BCUT2D eigenvalue weighted by atomic mass is 16.6. The van der Waals surface area contributed by atoms with Crippen LogP contribution in [-0.4, -0.2) is 24.1 Å². The van der Waals surface area contributed by atoms with Gasteiger partial charge in [0.15, 0.2) is 0 Å². The molecule has 1 fully saturated rings. The van der Waals surface area contributed by atoms with Gasteiger partial charge in [-0.3, -0.25) is 0 Å². The highest BCUT2D eigenvalue weighted by Crippen LogP contribution is 2.33. The zero-order valence-electron chi connectivity index (χ0n) is 15.0. The van der Waals surface area contributed by atoms with E-state index in [9.17, 15) is 4.79 Å². The molecule has 0 radical (unpaired) electrons. The number of hydrogen-bond acceptors (Lipinski definition) is 2. The fourth-order valence-electron chi connectivity index (χ4n) is 2.54. The van der Waals surface area contributed by atoms with Crippen LogP contribution in [0.3, 0.4) is 0 Å². The lowest BCUT2D eigenvalue weighted by Gasteiger charge is -2.36. The number of likely N-dealkylation sites (tertiary alicyclic amines) is 1. The maximum atomic E-state index is 12.2. The Labute approximate surface area is 134 Å². The summed E-state index contributed by atoms with van der Waals surface area (Å²) in [7, 11) is 0. The Balaban J connectivity index is 2.28. The van der Waals surface area contributed by atoms with Crippen LogP contribution in [0.1, 0.15) is 59.6 Å². The van der Waals surface area contributed by atoms with Crippen LogP contribution in [0, 0.1) is 5.92 Å². The molecule has 0 N–H and O–H groups in total. The molecule has 1 aromatic carbocycles. The predicted octanol–water partition coefficient (Wildman–Crippen LogP) is 4.73. The maximum Gasteiger partial charge on any atom is 0.415 e. The molecule has 2 rings (SSSR count). The summed E-state index contributed by atoms with van der Waals surface area (Å²) in [6.07, 6.45) is -0.232. The van der Waals surface area contributed by atoms with Gasteiger partial charge in [0, 0.05) is 13.1 Å². The van der Waals surface area contributed by atoms with Gasteiger partial charge in [0.1, 0.15) is 5.75 Å². The smallest absolute Gasteiger partial charge is 0.410 e. The Morgan fingerprint density at radius 3 is 1.82 bits per heavy atom. The van der Waals surface area contributed by atoms with E-state index in [2.05, 4.69) is 54.5 Å². The number of rotatable bonds is 1. The average Bonchev–Trinajstić information content (AvgIpc) is 2.32. The van der Waals surface area contributed by atoms with Crippen LogP contribution in [0.5, 0.6) is 5.75 Å². The second-order valence-corrected chi connectivity index (χ2v) is 8.62. The van der Waals surface area contributed by atoms with Gasteiger partial charge >= 0.3 is 6.09 Å². The van der Waals surface area contributed by atoms with Crippen molar-refractivity contribution in [3.05, 3.63) is 29.3 Å². The number of benzene rings is 1. The van der Waals surface area contributed by atoms with Crippen LogP contribution >= 0.6 is 0 Å². The molecule has 1 aromatic rings. The van der Waals surface area contributed by atoms with E-state index in [1.54, 1.807) is 4.90 Å². The van der Waals surface area contributed by atoms with E-state index in [1.807, 2.05) is 12.1 Å². The minimum atomic E-state index is -0.232. The molecule has 1 amide bonds. The highest BCUT2D eigenvalue weighted by molar-refractivity contribution is 5.71. The molecule has 3 nitrogen and oxygen atoms in total. The van der Waals surface area contributed by atoms with Gasteiger partial charge in [-0.05, 0) is 40.0 Å². The van der Waals surface area contributed by atoms with Crippen molar-refractivity contribution in [3.8, 4) is 5.75 Å². The van der Waals surface area contributed by atoms with E-state index in [-0.39, 0.29) is 16.9 Å². The first-order valence-electron chi connectivity index (χ1n) is 8.09. The summed E-state index contributed by atoms with van der Waals surface area (Å²) in [4.78, 5) is 13.9. The van der Waals surface area contributed by atoms with Crippen molar-refractivity contribution >= 4 is 6.09 Å². The van der Waals surface area contributed by atoms with Crippen molar-refractivity contribution < 1.29 is 9.53 Å². The summed E-state index contributed by atoms with van der Waals surface area (Å²) in [5, 5.41) is 0. The van der Waals surface area contributed by atoms with E-state index in [4.69, 9.17) is 4.74 Å². The first-order valence-corrected chi connectivity index (χ1v) is 8.09. The van der Waals surface area contributed by atoms with E-state index < -0.39 is 0 Å². The van der Waals surface area contributed by atoms with E-state index in [0.717, 1.165) is 13.1 Å². The van der Waals surface area contributed by atoms with E-state index in [0.29, 0.717) is 11.7 Å². The lowest BCUT2D eigenvalue weighted by atomic mass is 9.80. The largest absolute Gasteiger partial charge is 0.415 e. The third kappa shape index (κ3) is 3.82. The molecular weight excluding hydrogens is 274 g/mol. The Bertz CT molecular complexity index is 526. The van der Waals surface area contributed by atoms with Gasteiger partial charge in [0.2, 0.25) is 0 Å². The fourth-order valence-corrected chi connectivity index (χ4v) is 2.54. The van der Waals surface area contributed by atoms with Gasteiger partial charge in [-0.15, -0.1) is 0 Å². The third-order valence-electron chi connectivity index (χ3n) is 4.17. The topological polar surface area (TPSA) is 29.5 Å². The first kappa shape index (κ1) is 16.9. The van der Waals surface area contributed by atoms with Gasteiger partial charge in [-0.2, -0.15) is 0 Å². The second kappa shape index (κ2) is 5.60. The van der Waals surface area contributed by atoms with Crippen molar-refractivity contribution in [2.24, 2.45) is 5.92 Å². The molecule has 0 aromatic heterocycles. The Morgan fingerprint density at radius 2 is 1.45 bits per heavy atom. The Morgan fingerprint density at radius 1 is 1.00 bits per heavy atom. The number of nitrogens with zero attached hydrogens (tertiary/aromatic N) is 1. The fraction of sp³-hybridized carbons (Fsp3) is 0.632. The summed E-state index contributed by atoms with van der Waals surface area (Å²) in [5.41, 5.74) is 2.43. The van der Waals surface area contributed by atoms with Gasteiger partial charge in [-0.25, -0.2) is 4.79 Å². The molecule has 1 aliphatic rings. The van der Waals surface area contributed by atoms with Gasteiger partial charge in [0.05, 0.1) is 0 Å². The van der Waals surface area contributed by atoms with Gasteiger partial charge in [-0.1, -0.05) is 54.5 Å². The number of carbonyl (C=O) groups excluding carboxylic acids is 1. The molecule has 1 heterocycles. The molecule has 22 heavy (non-hydrogen) atoms. The van der Waals surface area contributed by atoms with Gasteiger partial charge < -0.3 is 9.64 Å². The Kier molecular flexibility index (Phi) is 4.29. The number of ether oxygens (including phenoxy) is 1. The molecule has 1 saturated heterocycles. The lowest BCUT2D eigenvalue weighted by Crippen LogP contribution is -2.49. The van der Waals surface area contributed by atoms with Crippen molar-refractivity contribution in [1.29, 1.82) is 0 Å². The van der Waals surface area contributed by atoms with Crippen LogP contribution in [0.4, 0.5) is 4.79 Å². The normalized spacial score (nSPS) is 16.4. The van der Waals surface area contributed by atoms with Crippen molar-refractivity contribution in [3.63, 3.8) is 0 Å². The van der Waals surface area contributed by atoms with Crippen molar-refractivity contribution in [2.75, 3.05) is 13.1 Å². The number of carbonyl (C=O) groups is 1. The van der Waals surface area contributed by atoms with Crippen LogP contribution in [0.2, 0.25) is 0 Å². The summed E-state index contributed by atoms with van der Waals surface area (Å²) >= 11 is 0. The summed E-state index contributed by atoms with van der Waals surface area (Å²) < 4.78 is 5.63. The van der Waals surface area contributed by atoms with Gasteiger partial charge in [0.25, 0.3) is 0 Å². The summed E-state index contributed by atoms with van der Waals surface area (Å²) in [6.45, 7) is 16.8. The molecule has 1 aliphatic heterocycles. The van der Waals surface area contributed by atoms with E-state index >= 15 is 0 Å². The molecule has 0 atom stereocenters. The molecular formula is C19H29NO2. The molecule has 0 saturated carbocycles. The van der Waals surface area contributed by atoms with E-state index in [1.165, 1.54) is 11.1 Å². The molecule has 3 heteroatoms. The molecule has 0 aliphatic carbocycles. The summed E-state index contributed by atoms with van der Waals surface area (Å²) in [6, 6.07) is 6.22. The predicted molar refractivity (Wildman–Crippen MR) is 90.6 cm³/mol. The third-order valence-corrected chi connectivity index (χ3v) is 4.17. The van der Waals surface area contributed by atoms with Crippen molar-refractivity contribution in [1.82, 2.24) is 4.90 Å². The minimum Gasteiger partial charge on any atom is -0.410 e. The molecule has 0 unspecified atom stereocenters. The van der Waals surface area contributed by atoms with Crippen LogP contribution < -0.4 is 4.74 Å². The maximum absolute atomic E-state index is 12.2. The molecule has 0 bridgehead atoms. The standard InChI is InChI=1S/C19H29NO2/c1-13-11-20(12-13)17(21)22-16-9-14(18(2,3)4)8-15(10-16)19(5,6)7/h8-10,13H,11-12H2,1-7H3. The zero-order valence-corrected chi connectivity index (χ0v) is 15.0. The summed E-state index contributed by atoms with van der Waals surface area (Å²) in [5.74, 6) is 1.24. The molecule has 0 spiro atoms. The lowest BCUT2D eigenvalue weighted by molar-refractivity contribution is 0.0942. The van der Waals surface area contributed by atoms with Crippen LogP contribution in [0.15, 0.2) is 18.2 Å². The first-order chi connectivity index (χ1) is 9.96. The van der Waals surface area contributed by atoms with Crippen molar-refractivity contribution in [2.45, 2.75) is 59.3 Å². The highest BCUT2D eigenvalue weighted by Gasteiger charge is 2.29. The Hall–Kier alpha value is -1.51. The number of hydrogen-bond donors (Lipinski definition) is 0.